The fourth-order valence-corrected chi connectivity index (χ4v) is 2.67. The first kappa shape index (κ1) is 20.6. The van der Waals surface area contributed by atoms with Gasteiger partial charge in [0.2, 0.25) is 5.91 Å². The molecule has 0 aliphatic heterocycles. The first-order valence-electron chi connectivity index (χ1n) is 8.77. The lowest BCUT2D eigenvalue weighted by atomic mass is 10.1. The van der Waals surface area contributed by atoms with Gasteiger partial charge < -0.3 is 20.7 Å². The molecule has 0 atom stereocenters. The van der Waals surface area contributed by atoms with E-state index in [1.165, 1.54) is 6.92 Å². The minimum absolute atomic E-state index is 0.111. The number of anilines is 1. The van der Waals surface area contributed by atoms with Crippen LogP contribution in [0.2, 0.25) is 5.02 Å². The van der Waals surface area contributed by atoms with Crippen LogP contribution in [-0.2, 0) is 11.2 Å². The zero-order valence-corrected chi connectivity index (χ0v) is 16.3. The van der Waals surface area contributed by atoms with E-state index < -0.39 is 0 Å². The molecule has 2 aromatic carbocycles. The maximum atomic E-state index is 11.1. The van der Waals surface area contributed by atoms with Crippen LogP contribution in [0.1, 0.15) is 12.5 Å². The summed E-state index contributed by atoms with van der Waals surface area (Å²) in [7, 11) is 1.72. The molecule has 0 saturated carbocycles. The maximum Gasteiger partial charge on any atom is 0.221 e. The highest BCUT2D eigenvalue weighted by molar-refractivity contribution is 6.31. The van der Waals surface area contributed by atoms with Crippen LogP contribution in [-0.4, -0.2) is 38.6 Å². The van der Waals surface area contributed by atoms with Gasteiger partial charge in [0, 0.05) is 37.3 Å². The summed E-state index contributed by atoms with van der Waals surface area (Å²) in [5, 5.41) is 9.96. The molecule has 0 saturated heterocycles. The van der Waals surface area contributed by atoms with Gasteiger partial charge in [-0.05, 0) is 30.2 Å². The molecule has 1 amide bonds. The summed E-state index contributed by atoms with van der Waals surface area (Å²) in [6, 6.07) is 15.1. The number of aliphatic imine (C=N–C) groups is 1. The highest BCUT2D eigenvalue weighted by Gasteiger charge is 2.02. The first-order chi connectivity index (χ1) is 13.1. The lowest BCUT2D eigenvalue weighted by molar-refractivity contribution is -0.114. The van der Waals surface area contributed by atoms with Crippen LogP contribution in [0.5, 0.6) is 5.75 Å². The van der Waals surface area contributed by atoms with E-state index >= 15 is 0 Å². The molecule has 0 heterocycles. The Balaban J connectivity index is 1.69. The monoisotopic (exact) mass is 388 g/mol. The normalized spacial score (nSPS) is 11.0. The van der Waals surface area contributed by atoms with Crippen molar-refractivity contribution in [3.63, 3.8) is 0 Å². The Morgan fingerprint density at radius 3 is 2.63 bits per heavy atom. The minimum atomic E-state index is -0.111. The van der Waals surface area contributed by atoms with E-state index in [1.807, 2.05) is 42.5 Å². The molecule has 0 aliphatic carbocycles. The van der Waals surface area contributed by atoms with Crippen LogP contribution < -0.4 is 20.7 Å². The number of nitrogens with zero attached hydrogens (tertiary/aromatic N) is 1. The zero-order valence-electron chi connectivity index (χ0n) is 15.6. The third-order valence-electron chi connectivity index (χ3n) is 3.69. The van der Waals surface area contributed by atoms with E-state index in [2.05, 4.69) is 20.9 Å². The van der Waals surface area contributed by atoms with Crippen molar-refractivity contribution in [2.45, 2.75) is 13.3 Å². The molecule has 0 radical (unpaired) electrons. The van der Waals surface area contributed by atoms with E-state index in [0.717, 1.165) is 23.6 Å². The van der Waals surface area contributed by atoms with Crippen molar-refractivity contribution in [2.75, 3.05) is 32.1 Å². The van der Waals surface area contributed by atoms with Gasteiger partial charge >= 0.3 is 0 Å². The molecular formula is C20H25ClN4O2. The SMILES string of the molecule is CN=C(NCCOc1cccc(NC(C)=O)c1)NCCc1ccccc1Cl. The fraction of sp³-hybridized carbons (Fsp3) is 0.300. The average molecular weight is 389 g/mol. The van der Waals surface area contributed by atoms with Crippen LogP contribution in [0.25, 0.3) is 0 Å². The molecule has 0 unspecified atom stereocenters. The molecule has 2 rings (SSSR count). The number of nitrogens with one attached hydrogen (secondary N) is 3. The number of ether oxygens (including phenoxy) is 1. The number of rotatable bonds is 8. The van der Waals surface area contributed by atoms with Crippen LogP contribution in [0.4, 0.5) is 5.69 Å². The highest BCUT2D eigenvalue weighted by atomic mass is 35.5. The fourth-order valence-electron chi connectivity index (χ4n) is 2.44. The predicted molar refractivity (Wildman–Crippen MR) is 111 cm³/mol. The second-order valence-corrected chi connectivity index (χ2v) is 6.23. The Morgan fingerprint density at radius 1 is 1.11 bits per heavy atom. The van der Waals surface area contributed by atoms with Crippen LogP contribution in [0, 0.1) is 0 Å². The summed E-state index contributed by atoms with van der Waals surface area (Å²) in [6.07, 6.45) is 0.812. The van der Waals surface area contributed by atoms with Crippen molar-refractivity contribution in [3.8, 4) is 5.75 Å². The number of hydrogen-bond donors (Lipinski definition) is 3. The summed E-state index contributed by atoms with van der Waals surface area (Å²) in [5.41, 5.74) is 1.81. The van der Waals surface area contributed by atoms with Crippen molar-refractivity contribution < 1.29 is 9.53 Å². The quantitative estimate of drug-likeness (QED) is 0.369. The van der Waals surface area contributed by atoms with Crippen molar-refractivity contribution >= 4 is 29.2 Å². The van der Waals surface area contributed by atoms with E-state index in [1.54, 1.807) is 13.1 Å². The van der Waals surface area contributed by atoms with Crippen LogP contribution in [0.15, 0.2) is 53.5 Å². The number of carbonyl (C=O) groups excluding carboxylic acids is 1. The second kappa shape index (κ2) is 11.1. The third kappa shape index (κ3) is 7.58. The Bertz CT molecular complexity index is 780. The molecule has 3 N–H and O–H groups in total. The van der Waals surface area contributed by atoms with Gasteiger partial charge in [-0.2, -0.15) is 0 Å². The molecule has 0 aromatic heterocycles. The zero-order chi connectivity index (χ0) is 19.5. The van der Waals surface area contributed by atoms with Gasteiger partial charge in [-0.15, -0.1) is 0 Å². The topological polar surface area (TPSA) is 74.8 Å². The number of amides is 1. The largest absolute Gasteiger partial charge is 0.492 e. The van der Waals surface area contributed by atoms with E-state index in [9.17, 15) is 4.79 Å². The molecule has 0 fully saturated rings. The first-order valence-corrected chi connectivity index (χ1v) is 9.14. The molecule has 0 spiro atoms. The van der Waals surface area contributed by atoms with Crippen molar-refractivity contribution in [2.24, 2.45) is 4.99 Å². The van der Waals surface area contributed by atoms with Crippen molar-refractivity contribution in [1.29, 1.82) is 0 Å². The summed E-state index contributed by atoms with van der Waals surface area (Å²) < 4.78 is 5.70. The molecule has 7 heteroatoms. The molecule has 6 nitrogen and oxygen atoms in total. The summed E-state index contributed by atoms with van der Waals surface area (Å²) >= 11 is 6.16. The average Bonchev–Trinajstić information content (AvgIpc) is 2.65. The van der Waals surface area contributed by atoms with Gasteiger partial charge in [0.15, 0.2) is 5.96 Å². The molecule has 0 aliphatic rings. The van der Waals surface area contributed by atoms with Gasteiger partial charge in [-0.1, -0.05) is 35.9 Å². The van der Waals surface area contributed by atoms with E-state index in [-0.39, 0.29) is 5.91 Å². The maximum absolute atomic E-state index is 11.1. The van der Waals surface area contributed by atoms with Crippen molar-refractivity contribution in [1.82, 2.24) is 10.6 Å². The Kier molecular flexibility index (Phi) is 8.45. The van der Waals surface area contributed by atoms with E-state index in [0.29, 0.717) is 30.5 Å². The standard InChI is InChI=1S/C20H25ClN4O2/c1-15(26)25-17-7-5-8-18(14-17)27-13-12-24-20(22-2)23-11-10-16-6-3-4-9-19(16)21/h3-9,14H,10-13H2,1-2H3,(H,25,26)(H2,22,23,24). The third-order valence-corrected chi connectivity index (χ3v) is 4.05. The summed E-state index contributed by atoms with van der Waals surface area (Å²) in [4.78, 5) is 15.3. The van der Waals surface area contributed by atoms with Gasteiger partial charge in [0.1, 0.15) is 12.4 Å². The number of halogens is 1. The van der Waals surface area contributed by atoms with E-state index in [4.69, 9.17) is 16.3 Å². The van der Waals surface area contributed by atoms with Gasteiger partial charge in [-0.3, -0.25) is 9.79 Å². The smallest absolute Gasteiger partial charge is 0.221 e. The highest BCUT2D eigenvalue weighted by Crippen LogP contribution is 2.17. The lowest BCUT2D eigenvalue weighted by Crippen LogP contribution is -2.40. The van der Waals surface area contributed by atoms with Crippen molar-refractivity contribution in [3.05, 3.63) is 59.1 Å². The summed E-state index contributed by atoms with van der Waals surface area (Å²) in [5.74, 6) is 1.29. The molecule has 144 valence electrons. The Morgan fingerprint density at radius 2 is 1.89 bits per heavy atom. The summed E-state index contributed by atoms with van der Waals surface area (Å²) in [6.45, 7) is 3.26. The number of carbonyl (C=O) groups is 1. The van der Waals surface area contributed by atoms with Crippen LogP contribution >= 0.6 is 11.6 Å². The molecule has 27 heavy (non-hydrogen) atoms. The van der Waals surface area contributed by atoms with Gasteiger partial charge in [0.25, 0.3) is 0 Å². The Labute approximate surface area is 165 Å². The van der Waals surface area contributed by atoms with Gasteiger partial charge in [0.05, 0.1) is 6.54 Å². The molecule has 0 bridgehead atoms. The molecular weight excluding hydrogens is 364 g/mol. The number of guanidine groups is 1. The number of hydrogen-bond acceptors (Lipinski definition) is 3. The lowest BCUT2D eigenvalue weighted by Gasteiger charge is -2.13. The second-order valence-electron chi connectivity index (χ2n) is 5.82. The molecule has 2 aromatic rings. The predicted octanol–water partition coefficient (Wildman–Crippen LogP) is 3.08. The minimum Gasteiger partial charge on any atom is -0.492 e. The van der Waals surface area contributed by atoms with Crippen LogP contribution in [0.3, 0.4) is 0 Å². The van der Waals surface area contributed by atoms with Gasteiger partial charge in [-0.25, -0.2) is 0 Å². The number of benzene rings is 2. The Hall–Kier alpha value is -2.73.